The Morgan fingerprint density at radius 3 is 2.59 bits per heavy atom. The van der Waals surface area contributed by atoms with Crippen molar-refractivity contribution in [3.8, 4) is 5.75 Å². The summed E-state index contributed by atoms with van der Waals surface area (Å²) in [5.74, 6) is 0.144. The second kappa shape index (κ2) is 11.4. The van der Waals surface area contributed by atoms with Crippen molar-refractivity contribution in [3.63, 3.8) is 0 Å². The zero-order chi connectivity index (χ0) is 19.5. The summed E-state index contributed by atoms with van der Waals surface area (Å²) in [5.41, 5.74) is 0.436. The maximum Gasteiger partial charge on any atom is 0.337 e. The lowest BCUT2D eigenvalue weighted by Crippen LogP contribution is -2.47. The number of urea groups is 1. The second-order valence-corrected chi connectivity index (χ2v) is 6.02. The molecular weight excluding hydrogens is 354 g/mol. The Kier molecular flexibility index (Phi) is 8.82. The van der Waals surface area contributed by atoms with E-state index in [1.165, 1.54) is 7.11 Å². The molecule has 0 aliphatic carbocycles. The van der Waals surface area contributed by atoms with Gasteiger partial charge in [0.15, 0.2) is 0 Å². The first kappa shape index (κ1) is 20.9. The third-order valence-electron chi connectivity index (χ3n) is 3.97. The number of rotatable bonds is 9. The van der Waals surface area contributed by atoms with E-state index in [0.29, 0.717) is 57.3 Å². The Hall–Kier alpha value is -2.36. The lowest BCUT2D eigenvalue weighted by Gasteiger charge is -2.27. The molecule has 1 aliphatic heterocycles. The molecule has 0 radical (unpaired) electrons. The highest BCUT2D eigenvalue weighted by Gasteiger charge is 2.15. The summed E-state index contributed by atoms with van der Waals surface area (Å²) in [6.07, 6.45) is -0.694. The van der Waals surface area contributed by atoms with Crippen molar-refractivity contribution in [3.05, 3.63) is 29.8 Å². The number of carbonyl (C=O) groups excluding carboxylic acids is 2. The smallest absolute Gasteiger partial charge is 0.337 e. The Bertz CT molecular complexity index is 589. The van der Waals surface area contributed by atoms with Crippen LogP contribution >= 0.6 is 0 Å². The summed E-state index contributed by atoms with van der Waals surface area (Å²) in [5, 5.41) is 15.8. The molecule has 1 heterocycles. The number of aliphatic hydroxyl groups excluding tert-OH is 1. The minimum absolute atomic E-state index is 0.0978. The van der Waals surface area contributed by atoms with Crippen molar-refractivity contribution >= 4 is 12.0 Å². The topological polar surface area (TPSA) is 109 Å². The van der Waals surface area contributed by atoms with Gasteiger partial charge in [0.2, 0.25) is 0 Å². The van der Waals surface area contributed by atoms with E-state index in [0.717, 1.165) is 0 Å². The lowest BCUT2D eigenvalue weighted by molar-refractivity contribution is 0.0532. The Morgan fingerprint density at radius 1 is 1.22 bits per heavy atom. The highest BCUT2D eigenvalue weighted by molar-refractivity contribution is 5.89. The highest BCUT2D eigenvalue weighted by Crippen LogP contribution is 2.13. The molecule has 9 heteroatoms. The number of benzene rings is 1. The zero-order valence-electron chi connectivity index (χ0n) is 15.5. The molecule has 1 aliphatic rings. The molecule has 2 rings (SSSR count). The number of nitrogens with zero attached hydrogens (tertiary/aromatic N) is 1. The number of nitrogens with one attached hydrogen (secondary N) is 2. The average Bonchev–Trinajstić information content (AvgIpc) is 2.72. The van der Waals surface area contributed by atoms with Gasteiger partial charge in [-0.1, -0.05) is 0 Å². The van der Waals surface area contributed by atoms with Gasteiger partial charge in [0.05, 0.1) is 25.9 Å². The van der Waals surface area contributed by atoms with Gasteiger partial charge in [-0.15, -0.1) is 0 Å². The number of aliphatic hydroxyl groups is 1. The van der Waals surface area contributed by atoms with Gasteiger partial charge in [0.1, 0.15) is 18.5 Å². The predicted octanol–water partition coefficient (Wildman–Crippen LogP) is -0.156. The number of amides is 2. The van der Waals surface area contributed by atoms with E-state index in [2.05, 4.69) is 15.4 Å². The molecular formula is C18H27N3O6. The Morgan fingerprint density at radius 2 is 1.93 bits per heavy atom. The van der Waals surface area contributed by atoms with Crippen LogP contribution in [-0.2, 0) is 9.47 Å². The van der Waals surface area contributed by atoms with E-state index in [1.54, 1.807) is 29.2 Å². The second-order valence-electron chi connectivity index (χ2n) is 6.02. The largest absolute Gasteiger partial charge is 0.491 e. The van der Waals surface area contributed by atoms with Crippen LogP contribution in [0.4, 0.5) is 4.79 Å². The molecule has 0 aromatic heterocycles. The normalized spacial score (nSPS) is 15.1. The minimum Gasteiger partial charge on any atom is -0.491 e. The zero-order valence-corrected chi connectivity index (χ0v) is 15.5. The molecule has 1 saturated heterocycles. The van der Waals surface area contributed by atoms with Gasteiger partial charge in [-0.3, -0.25) is 0 Å². The van der Waals surface area contributed by atoms with Gasteiger partial charge >= 0.3 is 12.0 Å². The van der Waals surface area contributed by atoms with Crippen molar-refractivity contribution in [2.24, 2.45) is 0 Å². The standard InChI is InChI=1S/C18H27N3O6/c1-25-17(23)14-2-4-16(5-3-14)27-13-15(22)12-19-6-7-20-18(24)21-8-10-26-11-9-21/h2-5,15,19,22H,6-13H2,1H3,(H,20,24). The van der Waals surface area contributed by atoms with Crippen LogP contribution in [0, 0.1) is 0 Å². The van der Waals surface area contributed by atoms with Crippen molar-refractivity contribution in [2.75, 3.05) is 59.7 Å². The summed E-state index contributed by atoms with van der Waals surface area (Å²) in [6, 6.07) is 6.40. The average molecular weight is 381 g/mol. The molecule has 1 unspecified atom stereocenters. The number of hydrogen-bond donors (Lipinski definition) is 3. The van der Waals surface area contributed by atoms with Crippen molar-refractivity contribution < 1.29 is 28.9 Å². The number of ether oxygens (including phenoxy) is 3. The summed E-state index contributed by atoms with van der Waals surface area (Å²) in [6.45, 7) is 3.83. The number of carbonyl (C=O) groups is 2. The fourth-order valence-electron chi connectivity index (χ4n) is 2.46. The molecule has 1 aromatic rings. The molecule has 3 N–H and O–H groups in total. The van der Waals surface area contributed by atoms with E-state index in [-0.39, 0.29) is 12.6 Å². The summed E-state index contributed by atoms with van der Waals surface area (Å²) in [7, 11) is 1.32. The number of morpholine rings is 1. The Labute approximate surface area is 158 Å². The molecule has 1 aromatic carbocycles. The van der Waals surface area contributed by atoms with Crippen LogP contribution in [0.25, 0.3) is 0 Å². The molecule has 0 spiro atoms. The maximum atomic E-state index is 11.9. The summed E-state index contributed by atoms with van der Waals surface area (Å²) >= 11 is 0. The number of esters is 1. The van der Waals surface area contributed by atoms with Crippen molar-refractivity contribution in [2.45, 2.75) is 6.10 Å². The van der Waals surface area contributed by atoms with E-state index >= 15 is 0 Å². The monoisotopic (exact) mass is 381 g/mol. The van der Waals surface area contributed by atoms with E-state index in [1.807, 2.05) is 0 Å². The molecule has 1 atom stereocenters. The SMILES string of the molecule is COC(=O)c1ccc(OCC(O)CNCCNC(=O)N2CCOCC2)cc1. The third kappa shape index (κ3) is 7.41. The van der Waals surface area contributed by atoms with Crippen LogP contribution in [-0.4, -0.2) is 87.8 Å². The Balaban J connectivity index is 1.55. The number of hydrogen-bond acceptors (Lipinski definition) is 7. The van der Waals surface area contributed by atoms with Gasteiger partial charge in [0.25, 0.3) is 0 Å². The first-order valence-electron chi connectivity index (χ1n) is 8.90. The number of methoxy groups -OCH3 is 1. The lowest BCUT2D eigenvalue weighted by atomic mass is 10.2. The van der Waals surface area contributed by atoms with Crippen LogP contribution < -0.4 is 15.4 Å². The molecule has 9 nitrogen and oxygen atoms in total. The molecule has 0 saturated carbocycles. The first-order valence-corrected chi connectivity index (χ1v) is 8.90. The van der Waals surface area contributed by atoms with Crippen molar-refractivity contribution in [1.82, 2.24) is 15.5 Å². The maximum absolute atomic E-state index is 11.9. The first-order chi connectivity index (χ1) is 13.1. The van der Waals surface area contributed by atoms with Crippen molar-refractivity contribution in [1.29, 1.82) is 0 Å². The van der Waals surface area contributed by atoms with Crippen LogP contribution in [0.2, 0.25) is 0 Å². The fraction of sp³-hybridized carbons (Fsp3) is 0.556. The molecule has 0 bridgehead atoms. The van der Waals surface area contributed by atoms with Gasteiger partial charge in [-0.2, -0.15) is 0 Å². The molecule has 27 heavy (non-hydrogen) atoms. The van der Waals surface area contributed by atoms with Gasteiger partial charge < -0.3 is 34.9 Å². The van der Waals surface area contributed by atoms with Crippen LogP contribution in [0.15, 0.2) is 24.3 Å². The molecule has 150 valence electrons. The van der Waals surface area contributed by atoms with Gasteiger partial charge in [0, 0.05) is 32.7 Å². The van der Waals surface area contributed by atoms with E-state index < -0.39 is 12.1 Å². The minimum atomic E-state index is -0.694. The highest BCUT2D eigenvalue weighted by atomic mass is 16.5. The van der Waals surface area contributed by atoms with Gasteiger partial charge in [-0.25, -0.2) is 9.59 Å². The molecule has 1 fully saturated rings. The predicted molar refractivity (Wildman–Crippen MR) is 97.9 cm³/mol. The fourth-order valence-corrected chi connectivity index (χ4v) is 2.46. The van der Waals surface area contributed by atoms with Crippen LogP contribution in [0.3, 0.4) is 0 Å². The quantitative estimate of drug-likeness (QED) is 0.403. The van der Waals surface area contributed by atoms with Gasteiger partial charge in [-0.05, 0) is 24.3 Å². The summed E-state index contributed by atoms with van der Waals surface area (Å²) < 4.78 is 15.3. The summed E-state index contributed by atoms with van der Waals surface area (Å²) in [4.78, 5) is 24.9. The van der Waals surface area contributed by atoms with Crippen LogP contribution in [0.5, 0.6) is 5.75 Å². The third-order valence-corrected chi connectivity index (χ3v) is 3.97. The van der Waals surface area contributed by atoms with E-state index in [9.17, 15) is 14.7 Å². The molecule has 2 amide bonds. The van der Waals surface area contributed by atoms with Crippen LogP contribution in [0.1, 0.15) is 10.4 Å². The van der Waals surface area contributed by atoms with E-state index in [4.69, 9.17) is 9.47 Å².